The molecule has 3 rings (SSSR count). The number of rotatable bonds is 3. The first-order valence-electron chi connectivity index (χ1n) is 7.53. The van der Waals surface area contributed by atoms with E-state index in [4.69, 9.17) is 22.1 Å². The molecular weight excluding hydrogens is 346 g/mol. The molecular formula is C16H16ClN5O3. The normalized spacial score (nSPS) is 17.3. The number of amides is 1. The standard InChI is InChI=1S/C16H16ClN5O3/c1-2-13(23)22-3-4-25-8-12(22)9-5-10(7-11(17)6-9)14-19-15(18)21-16(24)20-14/h2,5-7,12H,1,3-4,8H2,(H3,18,19,20,21,24)/t12-/m0/s1. The first-order chi connectivity index (χ1) is 12.0. The summed E-state index contributed by atoms with van der Waals surface area (Å²) in [6.45, 7) is 4.78. The highest BCUT2D eigenvalue weighted by molar-refractivity contribution is 6.31. The number of nitrogens with one attached hydrogen (secondary N) is 1. The average Bonchev–Trinajstić information content (AvgIpc) is 2.59. The number of H-pyrrole nitrogens is 1. The van der Waals surface area contributed by atoms with Crippen molar-refractivity contribution >= 4 is 23.5 Å². The molecule has 0 spiro atoms. The first kappa shape index (κ1) is 17.1. The lowest BCUT2D eigenvalue weighted by Gasteiger charge is -2.35. The molecule has 1 aromatic carbocycles. The second kappa shape index (κ2) is 7.04. The van der Waals surface area contributed by atoms with Crippen molar-refractivity contribution in [1.29, 1.82) is 0 Å². The molecule has 0 aliphatic carbocycles. The van der Waals surface area contributed by atoms with Gasteiger partial charge in [-0.15, -0.1) is 0 Å². The topological polar surface area (TPSA) is 114 Å². The Morgan fingerprint density at radius 3 is 2.96 bits per heavy atom. The maximum absolute atomic E-state index is 12.1. The van der Waals surface area contributed by atoms with E-state index in [2.05, 4.69) is 21.5 Å². The number of morpholine rings is 1. The van der Waals surface area contributed by atoms with Gasteiger partial charge in [0.25, 0.3) is 0 Å². The van der Waals surface area contributed by atoms with E-state index in [9.17, 15) is 9.59 Å². The van der Waals surface area contributed by atoms with E-state index < -0.39 is 5.69 Å². The van der Waals surface area contributed by atoms with Crippen LogP contribution in [0.2, 0.25) is 5.02 Å². The van der Waals surface area contributed by atoms with Crippen LogP contribution >= 0.6 is 11.6 Å². The monoisotopic (exact) mass is 361 g/mol. The number of carbonyl (C=O) groups excluding carboxylic acids is 1. The summed E-state index contributed by atoms with van der Waals surface area (Å²) in [6.07, 6.45) is 1.27. The minimum absolute atomic E-state index is 0.135. The average molecular weight is 362 g/mol. The Morgan fingerprint density at radius 1 is 1.44 bits per heavy atom. The van der Waals surface area contributed by atoms with Crippen molar-refractivity contribution in [1.82, 2.24) is 19.9 Å². The molecule has 0 saturated carbocycles. The van der Waals surface area contributed by atoms with Gasteiger partial charge in [0.15, 0.2) is 0 Å². The molecule has 1 aromatic heterocycles. The molecule has 1 aliphatic heterocycles. The van der Waals surface area contributed by atoms with Crippen molar-refractivity contribution in [2.45, 2.75) is 6.04 Å². The smallest absolute Gasteiger partial charge is 0.349 e. The highest BCUT2D eigenvalue weighted by Gasteiger charge is 2.28. The quantitative estimate of drug-likeness (QED) is 0.793. The number of ether oxygens (including phenoxy) is 1. The van der Waals surface area contributed by atoms with Gasteiger partial charge in [-0.05, 0) is 29.8 Å². The molecule has 9 heteroatoms. The predicted molar refractivity (Wildman–Crippen MR) is 93.0 cm³/mol. The largest absolute Gasteiger partial charge is 0.377 e. The molecule has 1 amide bonds. The minimum atomic E-state index is -0.603. The summed E-state index contributed by atoms with van der Waals surface area (Å²) < 4.78 is 5.51. The lowest BCUT2D eigenvalue weighted by molar-refractivity contribution is -0.134. The fraction of sp³-hybridized carbons (Fsp3) is 0.250. The van der Waals surface area contributed by atoms with Crippen LogP contribution in [-0.4, -0.2) is 45.5 Å². The van der Waals surface area contributed by atoms with Gasteiger partial charge in [0, 0.05) is 17.1 Å². The molecule has 8 nitrogen and oxygen atoms in total. The number of hydrogen-bond donors (Lipinski definition) is 2. The zero-order valence-electron chi connectivity index (χ0n) is 13.2. The molecule has 3 N–H and O–H groups in total. The Balaban J connectivity index is 2.05. The van der Waals surface area contributed by atoms with Crippen LogP contribution in [0.25, 0.3) is 11.4 Å². The number of halogens is 1. The van der Waals surface area contributed by atoms with Gasteiger partial charge >= 0.3 is 5.69 Å². The van der Waals surface area contributed by atoms with Crippen molar-refractivity contribution in [3.05, 3.63) is 51.9 Å². The van der Waals surface area contributed by atoms with E-state index in [1.165, 1.54) is 6.08 Å². The second-order valence-electron chi connectivity index (χ2n) is 5.46. The Morgan fingerprint density at radius 2 is 2.24 bits per heavy atom. The van der Waals surface area contributed by atoms with Crippen molar-refractivity contribution in [2.24, 2.45) is 0 Å². The zero-order chi connectivity index (χ0) is 18.0. The number of nitrogen functional groups attached to an aromatic ring is 1. The first-order valence-corrected chi connectivity index (χ1v) is 7.91. The highest BCUT2D eigenvalue weighted by atomic mass is 35.5. The summed E-state index contributed by atoms with van der Waals surface area (Å²) >= 11 is 6.23. The molecule has 0 radical (unpaired) electrons. The third-order valence-corrected chi connectivity index (χ3v) is 4.05. The van der Waals surface area contributed by atoms with Gasteiger partial charge in [-0.3, -0.25) is 9.78 Å². The van der Waals surface area contributed by atoms with Crippen LogP contribution in [0.1, 0.15) is 11.6 Å². The van der Waals surface area contributed by atoms with Crippen molar-refractivity contribution in [2.75, 3.05) is 25.5 Å². The summed E-state index contributed by atoms with van der Waals surface area (Å²) in [5, 5.41) is 0.433. The molecule has 1 saturated heterocycles. The van der Waals surface area contributed by atoms with Crippen LogP contribution < -0.4 is 11.4 Å². The van der Waals surface area contributed by atoms with Gasteiger partial charge in [-0.25, -0.2) is 4.79 Å². The molecule has 1 aliphatic rings. The number of hydrogen-bond acceptors (Lipinski definition) is 6. The van der Waals surface area contributed by atoms with E-state index in [1.54, 1.807) is 23.1 Å². The van der Waals surface area contributed by atoms with Gasteiger partial charge in [-0.2, -0.15) is 9.97 Å². The van der Waals surface area contributed by atoms with E-state index in [0.29, 0.717) is 30.3 Å². The van der Waals surface area contributed by atoms with Crippen LogP contribution in [0.3, 0.4) is 0 Å². The molecule has 2 heterocycles. The van der Waals surface area contributed by atoms with Crippen LogP contribution in [-0.2, 0) is 9.53 Å². The number of nitrogens with zero attached hydrogens (tertiary/aromatic N) is 3. The predicted octanol–water partition coefficient (Wildman–Crippen LogP) is 1.15. The van der Waals surface area contributed by atoms with Gasteiger partial charge in [0.2, 0.25) is 11.9 Å². The summed E-state index contributed by atoms with van der Waals surface area (Å²) in [5.74, 6) is -0.0705. The number of nitrogens with two attached hydrogens (primary N) is 1. The molecule has 1 atom stereocenters. The number of anilines is 1. The van der Waals surface area contributed by atoms with Crippen LogP contribution in [0, 0.1) is 0 Å². The number of aromatic nitrogens is 3. The lowest BCUT2D eigenvalue weighted by atomic mass is 10.0. The Bertz CT molecular complexity index is 882. The summed E-state index contributed by atoms with van der Waals surface area (Å²) in [4.78, 5) is 35.3. The van der Waals surface area contributed by atoms with E-state index in [1.807, 2.05) is 0 Å². The van der Waals surface area contributed by atoms with Crippen molar-refractivity contribution in [3.8, 4) is 11.4 Å². The fourth-order valence-corrected chi connectivity index (χ4v) is 2.98. The summed E-state index contributed by atoms with van der Waals surface area (Å²) in [6, 6.07) is 4.86. The Hall–Kier alpha value is -2.71. The Kier molecular flexibility index (Phi) is 4.82. The third kappa shape index (κ3) is 3.70. The molecule has 2 aromatic rings. The highest BCUT2D eigenvalue weighted by Crippen LogP contribution is 2.30. The maximum Gasteiger partial charge on any atom is 0.349 e. The van der Waals surface area contributed by atoms with Crippen molar-refractivity contribution in [3.63, 3.8) is 0 Å². The molecule has 25 heavy (non-hydrogen) atoms. The van der Waals surface area contributed by atoms with Gasteiger partial charge in [0.1, 0.15) is 5.82 Å². The van der Waals surface area contributed by atoms with Crippen LogP contribution in [0.4, 0.5) is 5.95 Å². The molecule has 1 fully saturated rings. The second-order valence-corrected chi connectivity index (χ2v) is 5.90. The van der Waals surface area contributed by atoms with Crippen molar-refractivity contribution < 1.29 is 9.53 Å². The number of carbonyl (C=O) groups is 1. The van der Waals surface area contributed by atoms with Crippen LogP contribution in [0.15, 0.2) is 35.6 Å². The Labute approximate surface area is 148 Å². The SMILES string of the molecule is C=CC(=O)N1CCOC[C@H]1c1cc(Cl)cc(-c2nc(N)nc(=O)[nH]2)c1. The maximum atomic E-state index is 12.1. The lowest BCUT2D eigenvalue weighted by Crippen LogP contribution is -2.42. The molecule has 0 bridgehead atoms. The van der Waals surface area contributed by atoms with E-state index in [-0.39, 0.29) is 23.7 Å². The van der Waals surface area contributed by atoms with Gasteiger partial charge in [0.05, 0.1) is 19.3 Å². The zero-order valence-corrected chi connectivity index (χ0v) is 14.0. The molecule has 0 unspecified atom stereocenters. The minimum Gasteiger partial charge on any atom is -0.377 e. The third-order valence-electron chi connectivity index (χ3n) is 3.83. The number of benzene rings is 1. The van der Waals surface area contributed by atoms with E-state index >= 15 is 0 Å². The fourth-order valence-electron chi connectivity index (χ4n) is 2.74. The van der Waals surface area contributed by atoms with Gasteiger partial charge in [-0.1, -0.05) is 18.2 Å². The van der Waals surface area contributed by atoms with E-state index in [0.717, 1.165) is 5.56 Å². The summed E-state index contributed by atoms with van der Waals surface area (Å²) in [5.41, 5.74) is 6.25. The number of aromatic amines is 1. The van der Waals surface area contributed by atoms with Gasteiger partial charge < -0.3 is 15.4 Å². The summed E-state index contributed by atoms with van der Waals surface area (Å²) in [7, 11) is 0. The van der Waals surface area contributed by atoms with Crippen LogP contribution in [0.5, 0.6) is 0 Å². The molecule has 130 valence electrons.